The number of carbonyl (C=O) groups excluding carboxylic acids is 1. The Balaban J connectivity index is 2.02. The van der Waals surface area contributed by atoms with Crippen LogP contribution in [0.4, 0.5) is 0 Å². The number of rotatable bonds is 3. The summed E-state index contributed by atoms with van der Waals surface area (Å²) in [6.07, 6.45) is 1.47. The van der Waals surface area contributed by atoms with E-state index in [0.717, 1.165) is 11.1 Å². The first-order valence-corrected chi connectivity index (χ1v) is 6.25. The van der Waals surface area contributed by atoms with E-state index < -0.39 is 0 Å². The molecule has 0 aliphatic rings. The van der Waals surface area contributed by atoms with Gasteiger partial charge < -0.3 is 14.8 Å². The van der Waals surface area contributed by atoms with Crippen molar-refractivity contribution in [3.05, 3.63) is 59.5 Å². The molecule has 2 rings (SSSR count). The van der Waals surface area contributed by atoms with Crippen LogP contribution in [0.15, 0.2) is 47.1 Å². The van der Waals surface area contributed by atoms with Gasteiger partial charge in [-0.2, -0.15) is 0 Å². The molecule has 4 heteroatoms. The van der Waals surface area contributed by atoms with Crippen LogP contribution in [0.5, 0.6) is 0 Å². The van der Waals surface area contributed by atoms with Crippen molar-refractivity contribution in [3.8, 4) is 11.8 Å². The molecule has 102 valence electrons. The number of hydrogen-bond acceptors (Lipinski definition) is 3. The van der Waals surface area contributed by atoms with E-state index in [1.54, 1.807) is 12.1 Å². The standard InChI is InChI=1S/C16H15NO3/c1-12(17-16(19)15-5-3-11-20-15)14-8-6-13(7-9-14)4-2-10-18/h3,5-9,11-12,18H,10H2,1H3,(H,17,19). The summed E-state index contributed by atoms with van der Waals surface area (Å²) in [4.78, 5) is 11.8. The van der Waals surface area contributed by atoms with Crippen LogP contribution in [0, 0.1) is 11.8 Å². The number of aliphatic hydroxyl groups is 1. The quantitative estimate of drug-likeness (QED) is 0.839. The molecule has 2 N–H and O–H groups in total. The minimum atomic E-state index is -0.244. The van der Waals surface area contributed by atoms with E-state index in [0.29, 0.717) is 5.76 Å². The molecule has 2 aromatic rings. The fourth-order valence-electron chi connectivity index (χ4n) is 1.76. The van der Waals surface area contributed by atoms with Gasteiger partial charge in [0.25, 0.3) is 5.91 Å². The van der Waals surface area contributed by atoms with Gasteiger partial charge in [-0.15, -0.1) is 0 Å². The summed E-state index contributed by atoms with van der Waals surface area (Å²) in [6.45, 7) is 1.74. The molecule has 4 nitrogen and oxygen atoms in total. The Hall–Kier alpha value is -2.51. The molecule has 0 bridgehead atoms. The van der Waals surface area contributed by atoms with Gasteiger partial charge in [0.1, 0.15) is 6.61 Å². The van der Waals surface area contributed by atoms with Crippen molar-refractivity contribution in [3.63, 3.8) is 0 Å². The van der Waals surface area contributed by atoms with Gasteiger partial charge in [-0.3, -0.25) is 4.79 Å². The zero-order valence-corrected chi connectivity index (χ0v) is 11.1. The normalized spacial score (nSPS) is 11.3. The molecule has 1 atom stereocenters. The molecular formula is C16H15NO3. The van der Waals surface area contributed by atoms with Crippen LogP contribution >= 0.6 is 0 Å². The average molecular weight is 269 g/mol. The maximum Gasteiger partial charge on any atom is 0.287 e. The minimum Gasteiger partial charge on any atom is -0.459 e. The number of amides is 1. The molecule has 20 heavy (non-hydrogen) atoms. The van der Waals surface area contributed by atoms with E-state index in [4.69, 9.17) is 9.52 Å². The maximum absolute atomic E-state index is 11.8. The molecule has 1 heterocycles. The minimum absolute atomic E-state index is 0.132. The van der Waals surface area contributed by atoms with Crippen LogP contribution in [-0.2, 0) is 0 Å². The summed E-state index contributed by atoms with van der Waals surface area (Å²) < 4.78 is 5.04. The zero-order chi connectivity index (χ0) is 14.4. The Kier molecular flexibility index (Phi) is 4.59. The van der Waals surface area contributed by atoms with Gasteiger partial charge in [-0.1, -0.05) is 24.0 Å². The summed E-state index contributed by atoms with van der Waals surface area (Å²) in [5.74, 6) is 5.46. The topological polar surface area (TPSA) is 62.5 Å². The molecule has 0 fully saturated rings. The van der Waals surface area contributed by atoms with E-state index in [-0.39, 0.29) is 18.6 Å². The van der Waals surface area contributed by atoms with Crippen molar-refractivity contribution in [2.45, 2.75) is 13.0 Å². The van der Waals surface area contributed by atoms with Gasteiger partial charge in [0, 0.05) is 5.56 Å². The van der Waals surface area contributed by atoms with Crippen LogP contribution < -0.4 is 5.32 Å². The Morgan fingerprint density at radius 2 is 2.10 bits per heavy atom. The van der Waals surface area contributed by atoms with Crippen molar-refractivity contribution in [2.75, 3.05) is 6.61 Å². The number of aliphatic hydroxyl groups excluding tert-OH is 1. The third-order valence-corrected chi connectivity index (χ3v) is 2.82. The van der Waals surface area contributed by atoms with Gasteiger partial charge in [0.2, 0.25) is 0 Å². The van der Waals surface area contributed by atoms with Crippen molar-refractivity contribution >= 4 is 5.91 Å². The fraction of sp³-hybridized carbons (Fsp3) is 0.188. The van der Waals surface area contributed by atoms with Gasteiger partial charge in [0.05, 0.1) is 12.3 Å². The number of hydrogen-bond donors (Lipinski definition) is 2. The summed E-state index contributed by atoms with van der Waals surface area (Å²) in [6, 6.07) is 10.7. The Morgan fingerprint density at radius 1 is 1.35 bits per heavy atom. The number of nitrogens with one attached hydrogen (secondary N) is 1. The average Bonchev–Trinajstić information content (AvgIpc) is 3.00. The molecule has 1 amide bonds. The van der Waals surface area contributed by atoms with Crippen molar-refractivity contribution in [1.82, 2.24) is 5.32 Å². The number of furan rings is 1. The van der Waals surface area contributed by atoms with E-state index >= 15 is 0 Å². The van der Waals surface area contributed by atoms with Crippen LogP contribution in [-0.4, -0.2) is 17.6 Å². The maximum atomic E-state index is 11.8. The van der Waals surface area contributed by atoms with Crippen LogP contribution in [0.3, 0.4) is 0 Å². The molecule has 0 radical (unpaired) electrons. The largest absolute Gasteiger partial charge is 0.459 e. The lowest BCUT2D eigenvalue weighted by molar-refractivity contribution is 0.0912. The molecule has 1 unspecified atom stereocenters. The van der Waals surface area contributed by atoms with Gasteiger partial charge >= 0.3 is 0 Å². The van der Waals surface area contributed by atoms with E-state index in [9.17, 15) is 4.79 Å². The smallest absolute Gasteiger partial charge is 0.287 e. The van der Waals surface area contributed by atoms with Crippen LogP contribution in [0.1, 0.15) is 34.6 Å². The molecular weight excluding hydrogens is 254 g/mol. The third-order valence-electron chi connectivity index (χ3n) is 2.82. The molecule has 0 aliphatic carbocycles. The van der Waals surface area contributed by atoms with Gasteiger partial charge in [-0.05, 0) is 36.8 Å². The van der Waals surface area contributed by atoms with Gasteiger partial charge in [0.15, 0.2) is 5.76 Å². The molecule has 0 saturated carbocycles. The monoisotopic (exact) mass is 269 g/mol. The summed E-state index contributed by atoms with van der Waals surface area (Å²) in [7, 11) is 0. The second-order valence-electron chi connectivity index (χ2n) is 4.25. The second kappa shape index (κ2) is 6.60. The predicted molar refractivity (Wildman–Crippen MR) is 75.0 cm³/mol. The highest BCUT2D eigenvalue weighted by molar-refractivity contribution is 5.91. The van der Waals surface area contributed by atoms with Crippen molar-refractivity contribution in [2.24, 2.45) is 0 Å². The van der Waals surface area contributed by atoms with E-state index in [2.05, 4.69) is 17.2 Å². The zero-order valence-electron chi connectivity index (χ0n) is 11.1. The predicted octanol–water partition coefficient (Wildman–Crippen LogP) is 2.11. The summed E-state index contributed by atoms with van der Waals surface area (Å²) in [5, 5.41) is 11.5. The van der Waals surface area contributed by atoms with Crippen LogP contribution in [0.25, 0.3) is 0 Å². The molecule has 0 spiro atoms. The molecule has 0 saturated heterocycles. The Labute approximate surface area is 117 Å². The van der Waals surface area contributed by atoms with Crippen molar-refractivity contribution in [1.29, 1.82) is 0 Å². The lowest BCUT2D eigenvalue weighted by atomic mass is 10.1. The molecule has 0 aliphatic heterocycles. The summed E-state index contributed by atoms with van der Waals surface area (Å²) in [5.41, 5.74) is 1.80. The highest BCUT2D eigenvalue weighted by Crippen LogP contribution is 2.14. The first-order chi connectivity index (χ1) is 9.70. The van der Waals surface area contributed by atoms with E-state index in [1.165, 1.54) is 6.26 Å². The Bertz CT molecular complexity index is 618. The van der Waals surface area contributed by atoms with E-state index in [1.807, 2.05) is 31.2 Å². The lowest BCUT2D eigenvalue weighted by Crippen LogP contribution is -2.26. The second-order valence-corrected chi connectivity index (χ2v) is 4.25. The highest BCUT2D eigenvalue weighted by Gasteiger charge is 2.13. The first kappa shape index (κ1) is 13.9. The Morgan fingerprint density at radius 3 is 2.70 bits per heavy atom. The van der Waals surface area contributed by atoms with Crippen LogP contribution in [0.2, 0.25) is 0 Å². The summed E-state index contributed by atoms with van der Waals surface area (Å²) >= 11 is 0. The first-order valence-electron chi connectivity index (χ1n) is 6.25. The highest BCUT2D eigenvalue weighted by atomic mass is 16.3. The lowest BCUT2D eigenvalue weighted by Gasteiger charge is -2.13. The van der Waals surface area contributed by atoms with Crippen molar-refractivity contribution < 1.29 is 14.3 Å². The molecule has 1 aromatic carbocycles. The van der Waals surface area contributed by atoms with Gasteiger partial charge in [-0.25, -0.2) is 0 Å². The number of carbonyl (C=O) groups is 1. The third kappa shape index (κ3) is 3.50. The molecule has 1 aromatic heterocycles. The fourth-order valence-corrected chi connectivity index (χ4v) is 1.76. The SMILES string of the molecule is CC(NC(=O)c1ccco1)c1ccc(C#CCO)cc1. The number of benzene rings is 1.